The van der Waals surface area contributed by atoms with Crippen molar-refractivity contribution < 1.29 is 28.6 Å². The first-order chi connectivity index (χ1) is 23.4. The Morgan fingerprint density at radius 3 is 2.47 bits per heavy atom. The lowest BCUT2D eigenvalue weighted by atomic mass is 10.1. The van der Waals surface area contributed by atoms with Gasteiger partial charge in [0.05, 0.1) is 26.7 Å². The minimum absolute atomic E-state index is 0.0735. The molecule has 0 fully saturated rings. The third kappa shape index (κ3) is 13.5. The van der Waals surface area contributed by atoms with Gasteiger partial charge in [0.2, 0.25) is 5.91 Å². The number of imidazole rings is 1. The molecule has 0 atom stereocenters. The van der Waals surface area contributed by atoms with E-state index in [0.29, 0.717) is 37.2 Å². The molecule has 49 heavy (non-hydrogen) atoms. The number of anilines is 1. The number of carbonyl (C=O) groups excluding carboxylic acids is 3. The fourth-order valence-electron chi connectivity index (χ4n) is 5.11. The average Bonchev–Trinajstić information content (AvgIpc) is 3.35. The SMILES string of the molecule is CCCCOc1nc(NC(=O)CCCCCN(CC)CCCNC(=O)OC(C)(C)C)c2[nH]c(=O)n(Cc3cccc(CC(=O)OC)c3)c2n1. The van der Waals surface area contributed by atoms with Crippen LogP contribution in [-0.2, 0) is 32.0 Å². The van der Waals surface area contributed by atoms with E-state index in [-0.39, 0.29) is 36.7 Å². The maximum atomic E-state index is 13.1. The number of esters is 1. The first-order valence-electron chi connectivity index (χ1n) is 17.2. The summed E-state index contributed by atoms with van der Waals surface area (Å²) >= 11 is 0. The van der Waals surface area contributed by atoms with Gasteiger partial charge in [-0.2, -0.15) is 9.97 Å². The summed E-state index contributed by atoms with van der Waals surface area (Å²) in [5, 5.41) is 5.66. The lowest BCUT2D eigenvalue weighted by molar-refractivity contribution is -0.139. The summed E-state index contributed by atoms with van der Waals surface area (Å²) in [5.41, 5.74) is 1.24. The molecule has 0 saturated carbocycles. The van der Waals surface area contributed by atoms with Gasteiger partial charge in [-0.05, 0) is 77.2 Å². The third-order valence-electron chi connectivity index (χ3n) is 7.64. The van der Waals surface area contributed by atoms with Crippen molar-refractivity contribution in [2.45, 2.75) is 98.1 Å². The van der Waals surface area contributed by atoms with Gasteiger partial charge in [-0.25, -0.2) is 9.59 Å². The standard InChI is InChI=1S/C35H53N7O7/c1-7-9-21-48-32-39-30(29-31(40-32)42(33(45)38-29)24-26-16-13-15-25(22-26)23-28(44)47-6)37-27(43)17-11-10-12-19-41(8-2)20-14-18-36-34(46)49-35(3,4)5/h13,15-16,22H,7-12,14,17-21,23-24H2,1-6H3,(H,36,46)(H,38,45)(H,37,39,40,43). The highest BCUT2D eigenvalue weighted by Gasteiger charge is 2.19. The molecule has 2 amide bonds. The maximum Gasteiger partial charge on any atom is 0.407 e. The van der Waals surface area contributed by atoms with Crippen molar-refractivity contribution in [2.24, 2.45) is 0 Å². The van der Waals surface area contributed by atoms with E-state index in [2.05, 4.69) is 37.4 Å². The zero-order chi connectivity index (χ0) is 35.8. The second kappa shape index (κ2) is 19.5. The summed E-state index contributed by atoms with van der Waals surface area (Å²) in [6.45, 7) is 13.4. The van der Waals surface area contributed by atoms with Gasteiger partial charge in [0.1, 0.15) is 11.1 Å². The number of hydrogen-bond donors (Lipinski definition) is 3. The van der Waals surface area contributed by atoms with Gasteiger partial charge in [0.25, 0.3) is 0 Å². The molecule has 0 spiro atoms. The summed E-state index contributed by atoms with van der Waals surface area (Å²) in [6.07, 6.45) is 5.04. The van der Waals surface area contributed by atoms with Crippen LogP contribution in [0.4, 0.5) is 10.6 Å². The maximum absolute atomic E-state index is 13.1. The van der Waals surface area contributed by atoms with Gasteiger partial charge >= 0.3 is 23.8 Å². The molecule has 270 valence electrons. The molecule has 0 unspecified atom stereocenters. The predicted molar refractivity (Wildman–Crippen MR) is 188 cm³/mol. The molecule has 0 aliphatic carbocycles. The minimum Gasteiger partial charge on any atom is -0.469 e. The quantitative estimate of drug-likeness (QED) is 0.111. The van der Waals surface area contributed by atoms with E-state index in [9.17, 15) is 19.2 Å². The van der Waals surface area contributed by atoms with E-state index in [4.69, 9.17) is 14.2 Å². The number of carbonyl (C=O) groups is 3. The second-order valence-corrected chi connectivity index (χ2v) is 12.9. The Hall–Kier alpha value is -4.46. The van der Waals surface area contributed by atoms with Crippen LogP contribution >= 0.6 is 0 Å². The summed E-state index contributed by atoms with van der Waals surface area (Å²) < 4.78 is 17.3. The number of aromatic nitrogens is 4. The van der Waals surface area contributed by atoms with Crippen molar-refractivity contribution in [3.63, 3.8) is 0 Å². The molecule has 0 radical (unpaired) electrons. The van der Waals surface area contributed by atoms with Crippen molar-refractivity contribution in [1.82, 2.24) is 29.7 Å². The Bertz CT molecular complexity index is 1580. The fourth-order valence-corrected chi connectivity index (χ4v) is 5.11. The summed E-state index contributed by atoms with van der Waals surface area (Å²) in [5.74, 6) is -0.383. The van der Waals surface area contributed by atoms with Crippen molar-refractivity contribution >= 4 is 35.0 Å². The Balaban J connectivity index is 1.58. The summed E-state index contributed by atoms with van der Waals surface area (Å²) in [4.78, 5) is 63.8. The summed E-state index contributed by atoms with van der Waals surface area (Å²) in [7, 11) is 1.34. The minimum atomic E-state index is -0.517. The lowest BCUT2D eigenvalue weighted by Crippen LogP contribution is -2.34. The zero-order valence-corrected chi connectivity index (χ0v) is 29.9. The van der Waals surface area contributed by atoms with E-state index in [1.165, 1.54) is 11.7 Å². The molecule has 0 saturated heterocycles. The zero-order valence-electron chi connectivity index (χ0n) is 29.9. The third-order valence-corrected chi connectivity index (χ3v) is 7.64. The number of H-pyrrole nitrogens is 1. The first kappa shape index (κ1) is 39.0. The molecule has 2 heterocycles. The number of unbranched alkanes of at least 4 members (excludes halogenated alkanes) is 3. The number of alkyl carbamates (subject to hydrolysis) is 1. The van der Waals surface area contributed by atoms with Gasteiger partial charge in [-0.15, -0.1) is 0 Å². The number of hydrogen-bond acceptors (Lipinski definition) is 10. The van der Waals surface area contributed by atoms with E-state index in [0.717, 1.165) is 62.9 Å². The highest BCUT2D eigenvalue weighted by Crippen LogP contribution is 2.22. The van der Waals surface area contributed by atoms with Crippen LogP contribution in [0.25, 0.3) is 11.2 Å². The number of benzene rings is 1. The number of methoxy groups -OCH3 is 1. The Morgan fingerprint density at radius 2 is 1.76 bits per heavy atom. The molecule has 3 aromatic rings. The van der Waals surface area contributed by atoms with Crippen LogP contribution in [0, 0.1) is 0 Å². The number of nitrogens with one attached hydrogen (secondary N) is 3. The Labute approximate surface area is 288 Å². The van der Waals surface area contributed by atoms with Crippen LogP contribution < -0.4 is 21.1 Å². The van der Waals surface area contributed by atoms with E-state index in [1.807, 2.05) is 52.0 Å². The monoisotopic (exact) mass is 683 g/mol. The smallest absolute Gasteiger partial charge is 0.407 e. The molecular formula is C35H53N7O7. The van der Waals surface area contributed by atoms with Crippen LogP contribution in [-0.4, -0.2) is 87.9 Å². The highest BCUT2D eigenvalue weighted by atomic mass is 16.6. The van der Waals surface area contributed by atoms with Gasteiger partial charge in [0, 0.05) is 13.0 Å². The number of aromatic amines is 1. The molecule has 1 aromatic carbocycles. The first-order valence-corrected chi connectivity index (χ1v) is 17.2. The normalized spacial score (nSPS) is 11.5. The van der Waals surface area contributed by atoms with Crippen molar-refractivity contribution in [3.05, 3.63) is 45.9 Å². The van der Waals surface area contributed by atoms with Crippen LogP contribution in [0.3, 0.4) is 0 Å². The topological polar surface area (TPSA) is 170 Å². The van der Waals surface area contributed by atoms with Gasteiger partial charge in [-0.1, -0.05) is 51.0 Å². The van der Waals surface area contributed by atoms with Crippen LogP contribution in [0.1, 0.15) is 90.7 Å². The van der Waals surface area contributed by atoms with Gasteiger partial charge in [0.15, 0.2) is 11.5 Å². The largest absolute Gasteiger partial charge is 0.469 e. The van der Waals surface area contributed by atoms with Crippen molar-refractivity contribution in [3.8, 4) is 6.01 Å². The van der Waals surface area contributed by atoms with Crippen LogP contribution in [0.15, 0.2) is 29.1 Å². The van der Waals surface area contributed by atoms with E-state index in [1.54, 1.807) is 0 Å². The number of ether oxygens (including phenoxy) is 3. The van der Waals surface area contributed by atoms with Crippen LogP contribution in [0.5, 0.6) is 6.01 Å². The molecule has 14 nitrogen and oxygen atoms in total. The lowest BCUT2D eigenvalue weighted by Gasteiger charge is -2.21. The van der Waals surface area contributed by atoms with E-state index < -0.39 is 17.4 Å². The Kier molecular flexibility index (Phi) is 15.5. The highest BCUT2D eigenvalue weighted by molar-refractivity contribution is 5.97. The van der Waals surface area contributed by atoms with E-state index >= 15 is 0 Å². The molecule has 2 aromatic heterocycles. The molecule has 14 heteroatoms. The van der Waals surface area contributed by atoms with Crippen LogP contribution in [0.2, 0.25) is 0 Å². The van der Waals surface area contributed by atoms with Crippen molar-refractivity contribution in [1.29, 1.82) is 0 Å². The Morgan fingerprint density at radius 1 is 1.00 bits per heavy atom. The number of amides is 2. The second-order valence-electron chi connectivity index (χ2n) is 12.9. The fraction of sp³-hybridized carbons (Fsp3) is 0.600. The number of nitrogens with zero attached hydrogens (tertiary/aromatic N) is 4. The predicted octanol–water partition coefficient (Wildman–Crippen LogP) is 4.80. The number of fused-ring (bicyclic) bond motifs is 1. The molecule has 0 bridgehead atoms. The molecule has 0 aliphatic heterocycles. The van der Waals surface area contributed by atoms with Gasteiger partial charge < -0.3 is 34.7 Å². The molecule has 3 rings (SSSR count). The molecule has 0 aliphatic rings. The average molecular weight is 684 g/mol. The molecular weight excluding hydrogens is 630 g/mol. The molecule has 3 N–H and O–H groups in total. The number of rotatable bonds is 20. The van der Waals surface area contributed by atoms with Gasteiger partial charge in [-0.3, -0.25) is 14.2 Å². The van der Waals surface area contributed by atoms with Crippen molar-refractivity contribution in [2.75, 3.05) is 45.2 Å². The summed E-state index contributed by atoms with van der Waals surface area (Å²) in [6, 6.07) is 7.42.